The Hall–Kier alpha value is -2.63. The number of amides is 2. The summed E-state index contributed by atoms with van der Waals surface area (Å²) < 4.78 is 10.8. The summed E-state index contributed by atoms with van der Waals surface area (Å²) in [6.45, 7) is 2.41. The number of carbonyl (C=O) groups excluding carboxylic acids is 2. The maximum absolute atomic E-state index is 12.7. The van der Waals surface area contributed by atoms with E-state index in [0.29, 0.717) is 18.1 Å². The van der Waals surface area contributed by atoms with Crippen LogP contribution in [-0.4, -0.2) is 36.8 Å². The van der Waals surface area contributed by atoms with Crippen molar-refractivity contribution in [3.63, 3.8) is 0 Å². The predicted molar refractivity (Wildman–Crippen MR) is 95.9 cm³/mol. The number of rotatable bonds is 5. The number of benzene rings is 1. The smallest absolute Gasteiger partial charge is 0.254 e. The molecular formula is C20H22N2O4. The molecule has 4 aliphatic rings. The van der Waals surface area contributed by atoms with Crippen LogP contribution in [0.1, 0.15) is 25.3 Å². The molecule has 0 radical (unpaired) electrons. The van der Waals surface area contributed by atoms with Gasteiger partial charge in [0.05, 0.1) is 31.8 Å². The number of fused-ring (bicyclic) bond motifs is 1. The Labute approximate surface area is 152 Å². The molecule has 3 aliphatic carbocycles. The highest BCUT2D eigenvalue weighted by molar-refractivity contribution is 6.06. The van der Waals surface area contributed by atoms with Crippen molar-refractivity contribution in [3.05, 3.63) is 35.9 Å². The average molecular weight is 354 g/mol. The van der Waals surface area contributed by atoms with Crippen LogP contribution in [0, 0.1) is 23.7 Å². The normalized spacial score (nSPS) is 29.5. The van der Waals surface area contributed by atoms with E-state index in [-0.39, 0.29) is 35.5 Å². The quantitative estimate of drug-likeness (QED) is 0.463. The Bertz CT molecular complexity index is 769. The van der Waals surface area contributed by atoms with Crippen molar-refractivity contribution >= 4 is 18.0 Å². The number of hydrazone groups is 1. The Morgan fingerprint density at radius 2 is 1.77 bits per heavy atom. The zero-order valence-electron chi connectivity index (χ0n) is 14.9. The summed E-state index contributed by atoms with van der Waals surface area (Å²) in [5, 5.41) is 5.29. The minimum absolute atomic E-state index is 0.172. The van der Waals surface area contributed by atoms with Crippen LogP contribution in [0.25, 0.3) is 0 Å². The van der Waals surface area contributed by atoms with Crippen LogP contribution < -0.4 is 9.47 Å². The fourth-order valence-electron chi connectivity index (χ4n) is 4.34. The Kier molecular flexibility index (Phi) is 4.26. The van der Waals surface area contributed by atoms with E-state index in [2.05, 4.69) is 17.3 Å². The molecule has 2 fully saturated rings. The van der Waals surface area contributed by atoms with Gasteiger partial charge in [0, 0.05) is 0 Å². The van der Waals surface area contributed by atoms with Crippen LogP contribution in [0.15, 0.2) is 35.5 Å². The van der Waals surface area contributed by atoms with Crippen LogP contribution in [-0.2, 0) is 9.59 Å². The highest BCUT2D eigenvalue weighted by atomic mass is 16.5. The van der Waals surface area contributed by atoms with Gasteiger partial charge in [0.1, 0.15) is 0 Å². The number of allylic oxidation sites excluding steroid dienone is 2. The summed E-state index contributed by atoms with van der Waals surface area (Å²) in [5.41, 5.74) is 0.741. The number of imide groups is 1. The molecule has 4 atom stereocenters. The summed E-state index contributed by atoms with van der Waals surface area (Å²) in [4.78, 5) is 25.5. The molecule has 0 N–H and O–H groups in total. The second kappa shape index (κ2) is 6.59. The van der Waals surface area contributed by atoms with E-state index in [1.54, 1.807) is 19.2 Å². The lowest BCUT2D eigenvalue weighted by Crippen LogP contribution is -2.38. The monoisotopic (exact) mass is 354 g/mol. The summed E-state index contributed by atoms with van der Waals surface area (Å²) in [6.07, 6.45) is 7.70. The van der Waals surface area contributed by atoms with Crippen molar-refractivity contribution in [1.82, 2.24) is 5.01 Å². The molecule has 0 spiro atoms. The summed E-state index contributed by atoms with van der Waals surface area (Å²) in [7, 11) is 1.58. The van der Waals surface area contributed by atoms with Gasteiger partial charge < -0.3 is 9.47 Å². The lowest BCUT2D eigenvalue weighted by molar-refractivity contribution is -0.140. The molecule has 26 heavy (non-hydrogen) atoms. The largest absolute Gasteiger partial charge is 0.493 e. The molecule has 2 amide bonds. The van der Waals surface area contributed by atoms with Crippen molar-refractivity contribution in [1.29, 1.82) is 0 Å². The molecule has 1 saturated heterocycles. The second-order valence-electron chi connectivity index (χ2n) is 6.92. The molecule has 0 unspecified atom stereocenters. The van der Waals surface area contributed by atoms with Crippen molar-refractivity contribution in [2.75, 3.05) is 13.7 Å². The van der Waals surface area contributed by atoms with Gasteiger partial charge in [-0.1, -0.05) is 12.2 Å². The number of carbonyl (C=O) groups is 2. The van der Waals surface area contributed by atoms with Crippen molar-refractivity contribution < 1.29 is 19.1 Å². The maximum atomic E-state index is 12.7. The molecule has 1 aliphatic heterocycles. The first-order valence-corrected chi connectivity index (χ1v) is 9.05. The van der Waals surface area contributed by atoms with Crippen LogP contribution in [0.3, 0.4) is 0 Å². The third-order valence-corrected chi connectivity index (χ3v) is 5.55. The lowest BCUT2D eigenvalue weighted by Gasteiger charge is -2.37. The van der Waals surface area contributed by atoms with Crippen LogP contribution >= 0.6 is 0 Å². The molecule has 1 aromatic rings. The molecule has 0 aromatic heterocycles. The topological polar surface area (TPSA) is 68.2 Å². The zero-order valence-corrected chi connectivity index (χ0v) is 14.9. The Balaban J connectivity index is 1.57. The van der Waals surface area contributed by atoms with Gasteiger partial charge in [-0.15, -0.1) is 0 Å². The van der Waals surface area contributed by atoms with Gasteiger partial charge in [-0.25, -0.2) is 0 Å². The Morgan fingerprint density at radius 1 is 1.12 bits per heavy atom. The summed E-state index contributed by atoms with van der Waals surface area (Å²) in [5.74, 6) is 0.763. The standard InChI is InChI=1S/C20H22N2O4/c1-3-26-16-10-12(4-9-15(16)25-2)11-21-22-19(23)17-13-5-6-14(8-7-13)18(17)20(22)24/h4-6,9-11,13-14,17-18H,3,7-8H2,1-2H3/b21-11-/t13-,14-,17-,18+/m0/s1. The van der Waals surface area contributed by atoms with Crippen molar-refractivity contribution in [3.8, 4) is 11.5 Å². The lowest BCUT2D eigenvalue weighted by atomic mass is 9.63. The fraction of sp³-hybridized carbons (Fsp3) is 0.450. The first-order valence-electron chi connectivity index (χ1n) is 9.05. The summed E-state index contributed by atoms with van der Waals surface area (Å²) in [6, 6.07) is 5.38. The van der Waals surface area contributed by atoms with E-state index in [4.69, 9.17) is 9.47 Å². The number of hydrogen-bond donors (Lipinski definition) is 0. The van der Waals surface area contributed by atoms with Gasteiger partial charge in [-0.3, -0.25) is 9.59 Å². The van der Waals surface area contributed by atoms with Gasteiger partial charge in [-0.2, -0.15) is 10.1 Å². The fourth-order valence-corrected chi connectivity index (χ4v) is 4.34. The molecule has 1 heterocycles. The highest BCUT2D eigenvalue weighted by Gasteiger charge is 2.56. The van der Waals surface area contributed by atoms with E-state index in [1.807, 2.05) is 13.0 Å². The molecule has 2 bridgehead atoms. The summed E-state index contributed by atoms with van der Waals surface area (Å²) >= 11 is 0. The molecule has 6 heteroatoms. The Morgan fingerprint density at radius 3 is 2.31 bits per heavy atom. The minimum atomic E-state index is -0.238. The van der Waals surface area contributed by atoms with Gasteiger partial charge >= 0.3 is 0 Å². The molecule has 1 saturated carbocycles. The SMILES string of the molecule is CCOc1cc(/C=N\N2C(=O)[C@@H]3[C@H](C2=O)[C@H]2C=C[C@H]3CC2)ccc1OC. The first-order chi connectivity index (χ1) is 12.6. The molecule has 6 nitrogen and oxygen atoms in total. The highest BCUT2D eigenvalue weighted by Crippen LogP contribution is 2.49. The van der Waals surface area contributed by atoms with Crippen LogP contribution in [0.4, 0.5) is 0 Å². The zero-order chi connectivity index (χ0) is 18.3. The van der Waals surface area contributed by atoms with Gasteiger partial charge in [0.2, 0.25) is 0 Å². The number of methoxy groups -OCH3 is 1. The molecule has 5 rings (SSSR count). The third-order valence-electron chi connectivity index (χ3n) is 5.55. The van der Waals surface area contributed by atoms with E-state index in [9.17, 15) is 9.59 Å². The molecule has 1 aromatic carbocycles. The number of ether oxygens (including phenoxy) is 2. The van der Waals surface area contributed by atoms with E-state index in [0.717, 1.165) is 23.4 Å². The predicted octanol–water partition coefficient (Wildman–Crippen LogP) is 2.63. The van der Waals surface area contributed by atoms with E-state index in [1.165, 1.54) is 6.21 Å². The molecule has 136 valence electrons. The molecular weight excluding hydrogens is 332 g/mol. The van der Waals surface area contributed by atoms with Gasteiger partial charge in [0.25, 0.3) is 11.8 Å². The van der Waals surface area contributed by atoms with Crippen LogP contribution in [0.5, 0.6) is 11.5 Å². The van der Waals surface area contributed by atoms with Crippen LogP contribution in [0.2, 0.25) is 0 Å². The van der Waals surface area contributed by atoms with Gasteiger partial charge in [-0.05, 0) is 55.4 Å². The second-order valence-corrected chi connectivity index (χ2v) is 6.92. The maximum Gasteiger partial charge on any atom is 0.254 e. The van der Waals surface area contributed by atoms with Crippen molar-refractivity contribution in [2.24, 2.45) is 28.8 Å². The van der Waals surface area contributed by atoms with E-state index >= 15 is 0 Å². The number of hydrogen-bond acceptors (Lipinski definition) is 5. The van der Waals surface area contributed by atoms with Crippen molar-refractivity contribution in [2.45, 2.75) is 19.8 Å². The number of nitrogens with zero attached hydrogens (tertiary/aromatic N) is 2. The van der Waals surface area contributed by atoms with Gasteiger partial charge in [0.15, 0.2) is 11.5 Å². The minimum Gasteiger partial charge on any atom is -0.493 e. The average Bonchev–Trinajstić information content (AvgIpc) is 2.94. The first kappa shape index (κ1) is 16.8. The van der Waals surface area contributed by atoms with E-state index < -0.39 is 0 Å². The third kappa shape index (κ3) is 2.60.